The Hall–Kier alpha value is -1.42. The Morgan fingerprint density at radius 2 is 2.11 bits per heavy atom. The molecule has 0 aliphatic rings. The van der Waals surface area contributed by atoms with Crippen LogP contribution in [0.25, 0.3) is 0 Å². The molecule has 0 fully saturated rings. The molecule has 0 saturated heterocycles. The third-order valence-corrected chi connectivity index (χ3v) is 3.72. The molecule has 2 N–H and O–H groups in total. The second kappa shape index (κ2) is 6.66. The lowest BCUT2D eigenvalue weighted by Crippen LogP contribution is -2.37. The Bertz CT molecular complexity index is 458. The molecule has 4 nitrogen and oxygen atoms in total. The third-order valence-electron chi connectivity index (χ3n) is 3.72. The van der Waals surface area contributed by atoms with Crippen LogP contribution < -0.4 is 10.5 Å². The van der Waals surface area contributed by atoms with Crippen LogP contribution in [0.1, 0.15) is 37.1 Å². The van der Waals surface area contributed by atoms with Crippen molar-refractivity contribution >= 4 is 5.78 Å². The van der Waals surface area contributed by atoms with Crippen LogP contribution in [0.5, 0.6) is 5.75 Å². The van der Waals surface area contributed by atoms with Crippen molar-refractivity contribution in [3.05, 3.63) is 23.0 Å². The summed E-state index contributed by atoms with van der Waals surface area (Å²) >= 11 is 0. The number of carbonyl (C=O) groups is 1. The highest BCUT2D eigenvalue weighted by Crippen LogP contribution is 2.24. The van der Waals surface area contributed by atoms with Crippen LogP contribution in [0.4, 0.5) is 0 Å². The van der Waals surface area contributed by atoms with E-state index in [1.165, 1.54) is 0 Å². The van der Waals surface area contributed by atoms with Gasteiger partial charge < -0.3 is 10.5 Å². The standard InChI is InChI=1S/C15H24N2O2/c1-6-9(2)14(16)13(18)7-12-11(4)15(19-5)10(3)8-17-12/h8-9,14H,6-7,16H2,1-5H3. The van der Waals surface area contributed by atoms with Crippen LogP contribution in [-0.2, 0) is 11.2 Å². The summed E-state index contributed by atoms with van der Waals surface area (Å²) in [5.74, 6) is 1.03. The summed E-state index contributed by atoms with van der Waals surface area (Å²) < 4.78 is 5.34. The highest BCUT2D eigenvalue weighted by molar-refractivity contribution is 5.86. The van der Waals surface area contributed by atoms with E-state index in [1.807, 2.05) is 27.7 Å². The van der Waals surface area contributed by atoms with Gasteiger partial charge in [0, 0.05) is 17.3 Å². The van der Waals surface area contributed by atoms with E-state index in [9.17, 15) is 4.79 Å². The molecule has 0 spiro atoms. The Morgan fingerprint density at radius 3 is 2.63 bits per heavy atom. The predicted octanol–water partition coefficient (Wildman–Crippen LogP) is 2.19. The molecule has 2 atom stereocenters. The maximum Gasteiger partial charge on any atom is 0.155 e. The van der Waals surface area contributed by atoms with Crippen molar-refractivity contribution in [3.63, 3.8) is 0 Å². The number of rotatable bonds is 6. The summed E-state index contributed by atoms with van der Waals surface area (Å²) in [6.07, 6.45) is 2.91. The number of nitrogens with two attached hydrogens (primary N) is 1. The second-order valence-electron chi connectivity index (χ2n) is 5.10. The van der Waals surface area contributed by atoms with Gasteiger partial charge in [0.05, 0.1) is 25.3 Å². The molecular formula is C15H24N2O2. The smallest absolute Gasteiger partial charge is 0.155 e. The summed E-state index contributed by atoms with van der Waals surface area (Å²) in [6, 6.07) is -0.418. The van der Waals surface area contributed by atoms with Gasteiger partial charge in [-0.1, -0.05) is 20.3 Å². The number of methoxy groups -OCH3 is 1. The zero-order chi connectivity index (χ0) is 14.6. The van der Waals surface area contributed by atoms with Crippen LogP contribution in [-0.4, -0.2) is 23.9 Å². The minimum absolute atomic E-state index is 0.0378. The molecule has 0 radical (unpaired) electrons. The van der Waals surface area contributed by atoms with Crippen LogP contribution in [0.15, 0.2) is 6.20 Å². The number of hydrogen-bond donors (Lipinski definition) is 1. The van der Waals surface area contributed by atoms with Crippen molar-refractivity contribution < 1.29 is 9.53 Å². The van der Waals surface area contributed by atoms with E-state index in [0.29, 0.717) is 0 Å². The number of Topliss-reactive ketones (excluding diaryl/α,β-unsaturated/α-hetero) is 1. The first-order chi connectivity index (χ1) is 8.92. The van der Waals surface area contributed by atoms with Crippen LogP contribution in [0, 0.1) is 19.8 Å². The van der Waals surface area contributed by atoms with Crippen molar-refractivity contribution in [1.82, 2.24) is 4.98 Å². The van der Waals surface area contributed by atoms with Crippen LogP contribution in [0.3, 0.4) is 0 Å². The van der Waals surface area contributed by atoms with E-state index < -0.39 is 6.04 Å². The molecule has 1 aromatic heterocycles. The van der Waals surface area contributed by atoms with Crippen molar-refractivity contribution in [3.8, 4) is 5.75 Å². The lowest BCUT2D eigenvalue weighted by atomic mass is 9.93. The van der Waals surface area contributed by atoms with Gasteiger partial charge in [0.2, 0.25) is 0 Å². The van der Waals surface area contributed by atoms with Crippen molar-refractivity contribution in [2.24, 2.45) is 11.7 Å². The minimum Gasteiger partial charge on any atom is -0.496 e. The number of pyridine rings is 1. The van der Waals surface area contributed by atoms with E-state index in [-0.39, 0.29) is 18.1 Å². The van der Waals surface area contributed by atoms with Gasteiger partial charge in [0.25, 0.3) is 0 Å². The Kier molecular flexibility index (Phi) is 5.48. The highest BCUT2D eigenvalue weighted by Gasteiger charge is 2.21. The number of nitrogens with zero attached hydrogens (tertiary/aromatic N) is 1. The van der Waals surface area contributed by atoms with Gasteiger partial charge in [-0.2, -0.15) is 0 Å². The highest BCUT2D eigenvalue weighted by atomic mass is 16.5. The fourth-order valence-corrected chi connectivity index (χ4v) is 2.10. The minimum atomic E-state index is -0.418. The zero-order valence-electron chi connectivity index (χ0n) is 12.5. The van der Waals surface area contributed by atoms with Gasteiger partial charge in [0.15, 0.2) is 5.78 Å². The molecule has 4 heteroatoms. The maximum atomic E-state index is 12.1. The number of aryl methyl sites for hydroxylation is 1. The van der Waals surface area contributed by atoms with Gasteiger partial charge in [-0.3, -0.25) is 9.78 Å². The fourth-order valence-electron chi connectivity index (χ4n) is 2.10. The van der Waals surface area contributed by atoms with E-state index >= 15 is 0 Å². The summed E-state index contributed by atoms with van der Waals surface area (Å²) in [6.45, 7) is 7.90. The third kappa shape index (κ3) is 3.53. The number of carbonyl (C=O) groups excluding carboxylic acids is 1. The Labute approximate surface area is 115 Å². The molecule has 0 aliphatic heterocycles. The number of hydrogen-bond acceptors (Lipinski definition) is 4. The monoisotopic (exact) mass is 264 g/mol. The number of ether oxygens (including phenoxy) is 1. The molecule has 2 unspecified atom stereocenters. The number of ketones is 1. The fraction of sp³-hybridized carbons (Fsp3) is 0.600. The van der Waals surface area contributed by atoms with Crippen molar-refractivity contribution in [2.45, 2.75) is 46.6 Å². The molecule has 0 saturated carbocycles. The molecule has 1 aromatic rings. The molecule has 0 aromatic carbocycles. The maximum absolute atomic E-state index is 12.1. The SMILES string of the molecule is CCC(C)C(N)C(=O)Cc1ncc(C)c(OC)c1C. The molecule has 1 heterocycles. The first-order valence-corrected chi connectivity index (χ1v) is 6.69. The molecule has 19 heavy (non-hydrogen) atoms. The number of aromatic nitrogens is 1. The summed E-state index contributed by atoms with van der Waals surface area (Å²) in [7, 11) is 1.63. The van der Waals surface area contributed by atoms with Crippen molar-refractivity contribution in [2.75, 3.05) is 7.11 Å². The van der Waals surface area contributed by atoms with Crippen molar-refractivity contribution in [1.29, 1.82) is 0 Å². The average molecular weight is 264 g/mol. The first kappa shape index (κ1) is 15.6. The Balaban J connectivity index is 2.92. The average Bonchev–Trinajstić information content (AvgIpc) is 2.40. The predicted molar refractivity (Wildman–Crippen MR) is 76.4 cm³/mol. The van der Waals surface area contributed by atoms with Gasteiger partial charge in [-0.25, -0.2) is 0 Å². The van der Waals surface area contributed by atoms with Gasteiger partial charge in [-0.05, 0) is 19.8 Å². The second-order valence-corrected chi connectivity index (χ2v) is 5.10. The lowest BCUT2D eigenvalue weighted by molar-refractivity contribution is -0.120. The first-order valence-electron chi connectivity index (χ1n) is 6.69. The van der Waals surface area contributed by atoms with Gasteiger partial charge in [-0.15, -0.1) is 0 Å². The van der Waals surface area contributed by atoms with E-state index in [1.54, 1.807) is 13.3 Å². The largest absolute Gasteiger partial charge is 0.496 e. The van der Waals surface area contributed by atoms with E-state index in [0.717, 1.165) is 29.0 Å². The Morgan fingerprint density at radius 1 is 1.47 bits per heavy atom. The van der Waals surface area contributed by atoms with Crippen LogP contribution >= 0.6 is 0 Å². The molecule has 1 rings (SSSR count). The quantitative estimate of drug-likeness (QED) is 0.855. The molecule has 106 valence electrons. The molecular weight excluding hydrogens is 240 g/mol. The summed E-state index contributed by atoms with van der Waals surface area (Å²) in [4.78, 5) is 16.5. The topological polar surface area (TPSA) is 65.2 Å². The molecule has 0 amide bonds. The van der Waals surface area contributed by atoms with E-state index in [2.05, 4.69) is 4.98 Å². The van der Waals surface area contributed by atoms with E-state index in [4.69, 9.17) is 10.5 Å². The molecule has 0 bridgehead atoms. The van der Waals surface area contributed by atoms with Gasteiger partial charge >= 0.3 is 0 Å². The summed E-state index contributed by atoms with van der Waals surface area (Å²) in [5, 5.41) is 0. The van der Waals surface area contributed by atoms with Crippen LogP contribution in [0.2, 0.25) is 0 Å². The summed E-state index contributed by atoms with van der Waals surface area (Å²) in [5.41, 5.74) is 8.61. The zero-order valence-corrected chi connectivity index (χ0v) is 12.5. The van der Waals surface area contributed by atoms with Gasteiger partial charge in [0.1, 0.15) is 5.75 Å². The lowest BCUT2D eigenvalue weighted by Gasteiger charge is -2.18. The normalized spacial score (nSPS) is 14.0. The molecule has 0 aliphatic carbocycles.